The maximum absolute atomic E-state index is 5.75. The Morgan fingerprint density at radius 1 is 0.324 bits per heavy atom. The second kappa shape index (κ2) is 16.7. The Hall–Kier alpha value is -9.22. The van der Waals surface area contributed by atoms with Crippen molar-refractivity contribution in [2.45, 2.75) is 10.8 Å². The molecule has 13 aromatic rings. The summed E-state index contributed by atoms with van der Waals surface area (Å²) in [5.74, 6) is 0.806. The fraction of sp³-hybridized carbons (Fsp3) is 0.0286. The Bertz CT molecular complexity index is 4240. The molecule has 0 bridgehead atoms. The number of anilines is 3. The highest BCUT2D eigenvalue weighted by molar-refractivity contribution is 7.17. The summed E-state index contributed by atoms with van der Waals surface area (Å²) >= 11 is 1.76. The van der Waals surface area contributed by atoms with E-state index in [9.17, 15) is 0 Å². The number of pyridine rings is 2. The van der Waals surface area contributed by atoms with Crippen molar-refractivity contribution in [2.24, 2.45) is 0 Å². The molecular formula is C70H45N3S. The van der Waals surface area contributed by atoms with Crippen LogP contribution in [0.2, 0.25) is 0 Å². The van der Waals surface area contributed by atoms with Crippen LogP contribution in [0.3, 0.4) is 0 Å². The smallest absolute Gasteiger partial charge is 0.138 e. The van der Waals surface area contributed by atoms with Crippen LogP contribution in [0.15, 0.2) is 272 Å². The van der Waals surface area contributed by atoms with E-state index in [1.54, 1.807) is 11.3 Å². The van der Waals surface area contributed by atoms with Crippen LogP contribution in [0.25, 0.3) is 65.4 Å². The molecule has 0 N–H and O–H groups in total. The van der Waals surface area contributed by atoms with Crippen LogP contribution < -0.4 is 4.90 Å². The third-order valence-corrected chi connectivity index (χ3v) is 16.8. The van der Waals surface area contributed by atoms with Crippen molar-refractivity contribution in [2.75, 3.05) is 4.90 Å². The largest absolute Gasteiger partial charge is 0.295 e. The third-order valence-electron chi connectivity index (χ3n) is 15.9. The van der Waals surface area contributed by atoms with Crippen molar-refractivity contribution in [3.8, 4) is 33.5 Å². The van der Waals surface area contributed by atoms with Gasteiger partial charge in [-0.2, -0.15) is 0 Å². The SMILES string of the molecule is c1ccc(C2(c3ccccc3)c3ccccc3-c3cc(N(c4ccc5c(c4)C(c4ccccc4)(c4ccccc4)c4ccccc4-5)c4ccc5ccc6ccc(-c7ccc8sccc8c7)nc6c5n4)ccc32)cc1. The normalized spacial score (nSPS) is 13.6. The van der Waals surface area contributed by atoms with Gasteiger partial charge in [-0.1, -0.05) is 206 Å². The monoisotopic (exact) mass is 959 g/mol. The fourth-order valence-corrected chi connectivity index (χ4v) is 13.5. The van der Waals surface area contributed by atoms with Crippen LogP contribution in [-0.2, 0) is 10.8 Å². The first kappa shape index (κ1) is 42.5. The minimum atomic E-state index is -0.586. The predicted molar refractivity (Wildman–Crippen MR) is 307 cm³/mol. The number of benzene rings is 10. The number of aromatic nitrogens is 2. The molecule has 74 heavy (non-hydrogen) atoms. The molecule has 2 aliphatic rings. The van der Waals surface area contributed by atoms with Gasteiger partial charge in [-0.15, -0.1) is 11.3 Å². The van der Waals surface area contributed by atoms with E-state index in [1.165, 1.54) is 76.8 Å². The molecule has 0 saturated heterocycles. The molecule has 0 atom stereocenters. The van der Waals surface area contributed by atoms with Gasteiger partial charge in [-0.25, -0.2) is 9.97 Å². The maximum Gasteiger partial charge on any atom is 0.138 e. The minimum Gasteiger partial charge on any atom is -0.295 e. The van der Waals surface area contributed by atoms with Crippen LogP contribution in [0.4, 0.5) is 17.2 Å². The fourth-order valence-electron chi connectivity index (χ4n) is 12.7. The summed E-state index contributed by atoms with van der Waals surface area (Å²) < 4.78 is 1.27. The van der Waals surface area contributed by atoms with Crippen LogP contribution in [0, 0.1) is 0 Å². The zero-order valence-corrected chi connectivity index (χ0v) is 41.0. The lowest BCUT2D eigenvalue weighted by molar-refractivity contribution is 0.768. The molecule has 0 unspecified atom stereocenters. The molecule has 0 saturated carbocycles. The van der Waals surface area contributed by atoms with Gasteiger partial charge in [0, 0.05) is 32.4 Å². The summed E-state index contributed by atoms with van der Waals surface area (Å²) in [6.07, 6.45) is 0. The Balaban J connectivity index is 0.996. The molecule has 4 heteroatoms. The Kier molecular flexibility index (Phi) is 9.57. The molecule has 3 heterocycles. The van der Waals surface area contributed by atoms with E-state index in [0.717, 1.165) is 50.3 Å². The summed E-state index contributed by atoms with van der Waals surface area (Å²) in [6, 6.07) is 98.3. The van der Waals surface area contributed by atoms with E-state index in [1.807, 2.05) is 0 Å². The highest BCUT2D eigenvalue weighted by atomic mass is 32.1. The van der Waals surface area contributed by atoms with Gasteiger partial charge in [0.1, 0.15) is 5.82 Å². The molecule has 0 radical (unpaired) electrons. The van der Waals surface area contributed by atoms with Gasteiger partial charge in [-0.05, 0) is 138 Å². The molecule has 10 aromatic carbocycles. The van der Waals surface area contributed by atoms with E-state index in [2.05, 4.69) is 277 Å². The van der Waals surface area contributed by atoms with E-state index >= 15 is 0 Å². The maximum atomic E-state index is 5.75. The van der Waals surface area contributed by atoms with Crippen molar-refractivity contribution in [3.63, 3.8) is 0 Å². The third kappa shape index (κ3) is 6.19. The second-order valence-electron chi connectivity index (χ2n) is 19.6. The molecule has 15 rings (SSSR count). The molecule has 2 aliphatic carbocycles. The molecule has 3 nitrogen and oxygen atoms in total. The molecule has 3 aromatic heterocycles. The summed E-state index contributed by atoms with van der Waals surface area (Å²) in [5.41, 5.74) is 19.5. The van der Waals surface area contributed by atoms with Crippen molar-refractivity contribution in [1.29, 1.82) is 0 Å². The first-order chi connectivity index (χ1) is 36.7. The summed E-state index contributed by atoms with van der Waals surface area (Å²) in [4.78, 5) is 13.6. The topological polar surface area (TPSA) is 29.0 Å². The van der Waals surface area contributed by atoms with Crippen LogP contribution in [-0.4, -0.2) is 9.97 Å². The number of fused-ring (bicyclic) bond motifs is 10. The number of hydrogen-bond donors (Lipinski definition) is 0. The van der Waals surface area contributed by atoms with Gasteiger partial charge >= 0.3 is 0 Å². The highest BCUT2D eigenvalue weighted by Crippen LogP contribution is 2.59. The van der Waals surface area contributed by atoms with Gasteiger partial charge in [0.15, 0.2) is 0 Å². The van der Waals surface area contributed by atoms with Gasteiger partial charge in [0.2, 0.25) is 0 Å². The van der Waals surface area contributed by atoms with E-state index < -0.39 is 10.8 Å². The van der Waals surface area contributed by atoms with Crippen molar-refractivity contribution < 1.29 is 0 Å². The summed E-state index contributed by atoms with van der Waals surface area (Å²) in [7, 11) is 0. The number of nitrogens with zero attached hydrogens (tertiary/aromatic N) is 3. The molecule has 0 amide bonds. The number of hydrogen-bond acceptors (Lipinski definition) is 4. The molecule has 346 valence electrons. The molecular weight excluding hydrogens is 915 g/mol. The number of thiophene rings is 1. The zero-order valence-electron chi connectivity index (χ0n) is 40.2. The van der Waals surface area contributed by atoms with E-state index in [4.69, 9.17) is 9.97 Å². The lowest BCUT2D eigenvalue weighted by atomic mass is 9.67. The van der Waals surface area contributed by atoms with Gasteiger partial charge in [0.25, 0.3) is 0 Å². The van der Waals surface area contributed by atoms with E-state index in [0.29, 0.717) is 0 Å². The van der Waals surface area contributed by atoms with Gasteiger partial charge in [0.05, 0.1) is 27.6 Å². The average molecular weight is 960 g/mol. The Labute approximate surface area is 434 Å². The lowest BCUT2D eigenvalue weighted by Gasteiger charge is -2.35. The lowest BCUT2D eigenvalue weighted by Crippen LogP contribution is -2.29. The molecule has 0 aliphatic heterocycles. The van der Waals surface area contributed by atoms with Crippen molar-refractivity contribution >= 4 is 60.4 Å². The first-order valence-corrected chi connectivity index (χ1v) is 26.3. The van der Waals surface area contributed by atoms with Crippen LogP contribution >= 0.6 is 11.3 Å². The summed E-state index contributed by atoms with van der Waals surface area (Å²) in [6.45, 7) is 0. The van der Waals surface area contributed by atoms with Gasteiger partial charge in [-0.3, -0.25) is 4.90 Å². The standard InChI is InChI=1S/C70H45N3S/c1-5-17-50(18-6-1)69(51-19-7-2-8-20-51)61-28-16-14-26-57(61)59-44-54(35-37-62(59)69)73(66-40-33-47-30-29-46-31-38-64(71-67(46)68(47)72-66)48-32-39-65-49(43-48)41-42-74-65)55-34-36-58-56-25-13-15-27-60(56)70(63(58)45-55,52-21-9-3-10-22-52)53-23-11-4-12-24-53/h1-45H. The quantitative estimate of drug-likeness (QED) is 0.142. The van der Waals surface area contributed by atoms with Crippen molar-refractivity contribution in [3.05, 3.63) is 317 Å². The van der Waals surface area contributed by atoms with E-state index in [-0.39, 0.29) is 0 Å². The zero-order chi connectivity index (χ0) is 48.8. The minimum absolute atomic E-state index is 0.528. The molecule has 0 fully saturated rings. The first-order valence-electron chi connectivity index (χ1n) is 25.4. The van der Waals surface area contributed by atoms with Crippen LogP contribution in [0.1, 0.15) is 44.5 Å². The van der Waals surface area contributed by atoms with Crippen molar-refractivity contribution in [1.82, 2.24) is 9.97 Å². The highest BCUT2D eigenvalue weighted by Gasteiger charge is 2.48. The Morgan fingerprint density at radius 2 is 0.811 bits per heavy atom. The number of rotatable bonds is 8. The second-order valence-corrected chi connectivity index (χ2v) is 20.5. The summed E-state index contributed by atoms with van der Waals surface area (Å²) in [5, 5.41) is 5.46. The predicted octanol–water partition coefficient (Wildman–Crippen LogP) is 17.9. The molecule has 0 spiro atoms. The van der Waals surface area contributed by atoms with Crippen LogP contribution in [0.5, 0.6) is 0 Å². The Morgan fingerprint density at radius 3 is 1.45 bits per heavy atom. The van der Waals surface area contributed by atoms with Gasteiger partial charge < -0.3 is 0 Å². The average Bonchev–Trinajstić information content (AvgIpc) is 4.24.